The maximum Gasteiger partial charge on any atom is 0.224 e. The van der Waals surface area contributed by atoms with E-state index in [9.17, 15) is 9.18 Å². The normalized spacial score (nSPS) is 19.7. The molecule has 0 aliphatic carbocycles. The number of rotatable bonds is 3. The second-order valence-corrected chi connectivity index (χ2v) is 5.41. The van der Waals surface area contributed by atoms with E-state index in [-0.39, 0.29) is 30.2 Å². The second kappa shape index (κ2) is 7.60. The highest BCUT2D eigenvalue weighted by molar-refractivity contribution is 5.85. The molecule has 1 aliphatic rings. The summed E-state index contributed by atoms with van der Waals surface area (Å²) < 4.78 is 12.9. The zero-order valence-electron chi connectivity index (χ0n) is 11.9. The van der Waals surface area contributed by atoms with Crippen molar-refractivity contribution in [2.45, 2.75) is 32.9 Å². The Morgan fingerprint density at radius 3 is 2.60 bits per heavy atom. The Morgan fingerprint density at radius 2 is 2.00 bits per heavy atom. The van der Waals surface area contributed by atoms with Crippen LogP contribution in [0.2, 0.25) is 0 Å². The van der Waals surface area contributed by atoms with Gasteiger partial charge >= 0.3 is 0 Å². The van der Waals surface area contributed by atoms with Crippen molar-refractivity contribution in [2.24, 2.45) is 5.92 Å². The van der Waals surface area contributed by atoms with Crippen LogP contribution in [0.4, 0.5) is 4.39 Å². The van der Waals surface area contributed by atoms with Gasteiger partial charge in [0.15, 0.2) is 0 Å². The molecule has 0 saturated carbocycles. The first kappa shape index (κ1) is 16.9. The standard InChI is InChI=1S/C15H21FN2O.ClH/c1-11(2)14-9-17-8-7-15(19)18(14)10-12-3-5-13(16)6-4-12;/h3-6,11,14,17H,7-10H2,1-2H3;1H. The van der Waals surface area contributed by atoms with Crippen molar-refractivity contribution in [3.05, 3.63) is 35.6 Å². The summed E-state index contributed by atoms with van der Waals surface area (Å²) in [5, 5.41) is 3.31. The van der Waals surface area contributed by atoms with Crippen molar-refractivity contribution in [3.63, 3.8) is 0 Å². The van der Waals surface area contributed by atoms with Crippen LogP contribution in [0.15, 0.2) is 24.3 Å². The van der Waals surface area contributed by atoms with E-state index in [1.54, 1.807) is 12.1 Å². The van der Waals surface area contributed by atoms with Gasteiger partial charge in [-0.2, -0.15) is 0 Å². The summed E-state index contributed by atoms with van der Waals surface area (Å²) in [6.45, 7) is 6.38. The molecule has 0 spiro atoms. The maximum absolute atomic E-state index is 12.9. The lowest BCUT2D eigenvalue weighted by atomic mass is 10.0. The third-order valence-corrected chi connectivity index (χ3v) is 3.63. The Labute approximate surface area is 125 Å². The Kier molecular flexibility index (Phi) is 6.43. The third kappa shape index (κ3) is 4.18. The summed E-state index contributed by atoms with van der Waals surface area (Å²) in [4.78, 5) is 14.1. The lowest BCUT2D eigenvalue weighted by Crippen LogP contribution is -2.45. The summed E-state index contributed by atoms with van der Waals surface area (Å²) in [5.41, 5.74) is 0.974. The van der Waals surface area contributed by atoms with Crippen molar-refractivity contribution in [3.8, 4) is 0 Å². The van der Waals surface area contributed by atoms with Crippen LogP contribution in [0.25, 0.3) is 0 Å². The van der Waals surface area contributed by atoms with Crippen LogP contribution in [0.3, 0.4) is 0 Å². The van der Waals surface area contributed by atoms with Crippen LogP contribution in [0.1, 0.15) is 25.8 Å². The highest BCUT2D eigenvalue weighted by Gasteiger charge is 2.28. The minimum absolute atomic E-state index is 0. The predicted octanol–water partition coefficient (Wildman–Crippen LogP) is 2.59. The molecule has 1 atom stereocenters. The van der Waals surface area contributed by atoms with Gasteiger partial charge in [0.25, 0.3) is 0 Å². The number of hydrogen-bond acceptors (Lipinski definition) is 2. The van der Waals surface area contributed by atoms with Crippen LogP contribution in [0, 0.1) is 11.7 Å². The summed E-state index contributed by atoms with van der Waals surface area (Å²) >= 11 is 0. The smallest absolute Gasteiger partial charge is 0.224 e. The number of amides is 1. The summed E-state index contributed by atoms with van der Waals surface area (Å²) in [6, 6.07) is 6.58. The molecule has 5 heteroatoms. The average Bonchev–Trinajstić information content (AvgIpc) is 2.55. The number of halogens is 2. The van der Waals surface area contributed by atoms with Crippen molar-refractivity contribution in [1.29, 1.82) is 0 Å². The summed E-state index contributed by atoms with van der Waals surface area (Å²) in [5.74, 6) is 0.330. The number of carbonyl (C=O) groups excluding carboxylic acids is 1. The molecule has 20 heavy (non-hydrogen) atoms. The molecule has 1 aromatic rings. The van der Waals surface area contributed by atoms with Gasteiger partial charge in [0, 0.05) is 32.1 Å². The molecular weight excluding hydrogens is 279 g/mol. The molecule has 1 unspecified atom stereocenters. The number of hydrogen-bond donors (Lipinski definition) is 1. The fourth-order valence-electron chi connectivity index (χ4n) is 2.47. The van der Waals surface area contributed by atoms with Gasteiger partial charge in [-0.15, -0.1) is 12.4 Å². The van der Waals surface area contributed by atoms with Crippen LogP contribution in [-0.4, -0.2) is 29.9 Å². The van der Waals surface area contributed by atoms with Crippen LogP contribution >= 0.6 is 12.4 Å². The van der Waals surface area contributed by atoms with Gasteiger partial charge in [-0.25, -0.2) is 4.39 Å². The van der Waals surface area contributed by atoms with Gasteiger partial charge in [0.1, 0.15) is 5.82 Å². The topological polar surface area (TPSA) is 32.3 Å². The first-order chi connectivity index (χ1) is 9.08. The van der Waals surface area contributed by atoms with E-state index < -0.39 is 0 Å². The van der Waals surface area contributed by atoms with E-state index in [1.807, 2.05) is 4.90 Å². The lowest BCUT2D eigenvalue weighted by Gasteiger charge is -2.33. The van der Waals surface area contributed by atoms with Gasteiger partial charge in [-0.05, 0) is 23.6 Å². The minimum Gasteiger partial charge on any atom is -0.334 e. The average molecular weight is 301 g/mol. The number of nitrogens with one attached hydrogen (secondary N) is 1. The molecule has 0 aromatic heterocycles. The van der Waals surface area contributed by atoms with Crippen molar-refractivity contribution in [2.75, 3.05) is 13.1 Å². The molecule has 1 aliphatic heterocycles. The zero-order chi connectivity index (χ0) is 13.8. The molecule has 1 heterocycles. The quantitative estimate of drug-likeness (QED) is 0.930. The largest absolute Gasteiger partial charge is 0.334 e. The molecule has 0 radical (unpaired) electrons. The van der Waals surface area contributed by atoms with Gasteiger partial charge in [-0.3, -0.25) is 4.79 Å². The molecule has 1 saturated heterocycles. The van der Waals surface area contributed by atoms with E-state index in [1.165, 1.54) is 12.1 Å². The summed E-state index contributed by atoms with van der Waals surface area (Å²) in [6.07, 6.45) is 0.532. The van der Waals surface area contributed by atoms with Crippen LogP contribution < -0.4 is 5.32 Å². The van der Waals surface area contributed by atoms with Crippen LogP contribution in [-0.2, 0) is 11.3 Å². The molecular formula is C15H22ClFN2O. The van der Waals surface area contributed by atoms with Crippen LogP contribution in [0.5, 0.6) is 0 Å². The first-order valence-corrected chi connectivity index (χ1v) is 6.82. The molecule has 1 N–H and O–H groups in total. The first-order valence-electron chi connectivity index (χ1n) is 6.82. The fourth-order valence-corrected chi connectivity index (χ4v) is 2.47. The van der Waals surface area contributed by atoms with Gasteiger partial charge in [0.05, 0.1) is 0 Å². The number of benzene rings is 1. The van der Waals surface area contributed by atoms with Crippen molar-refractivity contribution < 1.29 is 9.18 Å². The van der Waals surface area contributed by atoms with Gasteiger partial charge in [0.2, 0.25) is 5.91 Å². The molecule has 1 amide bonds. The fraction of sp³-hybridized carbons (Fsp3) is 0.533. The molecule has 112 valence electrons. The molecule has 1 aromatic carbocycles. The number of carbonyl (C=O) groups is 1. The van der Waals surface area contributed by atoms with E-state index in [0.29, 0.717) is 18.9 Å². The highest BCUT2D eigenvalue weighted by atomic mass is 35.5. The van der Waals surface area contributed by atoms with Gasteiger partial charge in [-0.1, -0.05) is 26.0 Å². The molecule has 2 rings (SSSR count). The van der Waals surface area contributed by atoms with Gasteiger partial charge < -0.3 is 10.2 Å². The van der Waals surface area contributed by atoms with E-state index in [2.05, 4.69) is 19.2 Å². The molecule has 3 nitrogen and oxygen atoms in total. The van der Waals surface area contributed by atoms with Crippen molar-refractivity contribution in [1.82, 2.24) is 10.2 Å². The minimum atomic E-state index is -0.243. The lowest BCUT2D eigenvalue weighted by molar-refractivity contribution is -0.134. The van der Waals surface area contributed by atoms with E-state index in [0.717, 1.165) is 18.7 Å². The zero-order valence-corrected chi connectivity index (χ0v) is 12.8. The monoisotopic (exact) mass is 300 g/mol. The Balaban J connectivity index is 0.00000200. The highest BCUT2D eigenvalue weighted by Crippen LogP contribution is 2.18. The Morgan fingerprint density at radius 1 is 1.35 bits per heavy atom. The second-order valence-electron chi connectivity index (χ2n) is 5.41. The predicted molar refractivity (Wildman–Crippen MR) is 80.3 cm³/mol. The number of nitrogens with zero attached hydrogens (tertiary/aromatic N) is 1. The third-order valence-electron chi connectivity index (χ3n) is 3.63. The SMILES string of the molecule is CC(C)C1CNCCC(=O)N1Cc1ccc(F)cc1.Cl. The summed E-state index contributed by atoms with van der Waals surface area (Å²) in [7, 11) is 0. The van der Waals surface area contributed by atoms with Crippen molar-refractivity contribution >= 4 is 18.3 Å². The van der Waals surface area contributed by atoms with E-state index in [4.69, 9.17) is 0 Å². The Hall–Kier alpha value is -1.13. The maximum atomic E-state index is 12.9. The molecule has 0 bridgehead atoms. The van der Waals surface area contributed by atoms with E-state index >= 15 is 0 Å². The molecule has 1 fully saturated rings. The Bertz CT molecular complexity index is 436.